The van der Waals surface area contributed by atoms with E-state index in [1.165, 1.54) is 62.8 Å². The van der Waals surface area contributed by atoms with Crippen molar-refractivity contribution in [2.24, 2.45) is 5.10 Å². The Kier molecular flexibility index (Phi) is 8.20. The molecule has 0 saturated heterocycles. The number of benzene rings is 3. The smallest absolute Gasteiger partial charge is 0.416 e. The lowest BCUT2D eigenvalue weighted by Crippen LogP contribution is -2.39. The van der Waals surface area contributed by atoms with E-state index < -0.39 is 34.2 Å². The summed E-state index contributed by atoms with van der Waals surface area (Å²) in [6.07, 6.45) is -3.50. The summed E-state index contributed by atoms with van der Waals surface area (Å²) < 4.78 is 76.8. The van der Waals surface area contributed by atoms with Gasteiger partial charge in [0.15, 0.2) is 0 Å². The highest BCUT2D eigenvalue weighted by Crippen LogP contribution is 2.32. The molecule has 0 saturated carbocycles. The summed E-state index contributed by atoms with van der Waals surface area (Å²) in [5.74, 6) is -0.185. The van der Waals surface area contributed by atoms with E-state index in [2.05, 4.69) is 10.5 Å². The molecule has 8 nitrogen and oxygen atoms in total. The number of hydrazone groups is 1. The number of hydrogen-bond acceptors (Lipinski definition) is 6. The fourth-order valence-corrected chi connectivity index (χ4v) is 4.58. The largest absolute Gasteiger partial charge is 0.497 e. The number of nitrogens with zero attached hydrogens (tertiary/aromatic N) is 2. The van der Waals surface area contributed by atoms with E-state index in [0.29, 0.717) is 5.75 Å². The lowest BCUT2D eigenvalue weighted by atomic mass is 10.1. The van der Waals surface area contributed by atoms with Crippen molar-refractivity contribution in [1.29, 1.82) is 0 Å². The van der Waals surface area contributed by atoms with Gasteiger partial charge in [0.2, 0.25) is 0 Å². The summed E-state index contributed by atoms with van der Waals surface area (Å²) >= 11 is 0. The van der Waals surface area contributed by atoms with Gasteiger partial charge in [-0.15, -0.1) is 0 Å². The highest BCUT2D eigenvalue weighted by molar-refractivity contribution is 7.92. The Labute approximate surface area is 206 Å². The van der Waals surface area contributed by atoms with Crippen LogP contribution in [0.4, 0.5) is 18.9 Å². The first-order valence-electron chi connectivity index (χ1n) is 10.3. The van der Waals surface area contributed by atoms with Crippen molar-refractivity contribution < 1.29 is 35.9 Å². The third kappa shape index (κ3) is 6.33. The fourth-order valence-electron chi connectivity index (χ4n) is 3.15. The Bertz CT molecular complexity index is 1340. The molecule has 0 aliphatic carbocycles. The van der Waals surface area contributed by atoms with Gasteiger partial charge in [-0.05, 0) is 54.1 Å². The van der Waals surface area contributed by atoms with Gasteiger partial charge in [0.05, 0.1) is 36.6 Å². The molecule has 0 spiro atoms. The average Bonchev–Trinajstić information content (AvgIpc) is 2.87. The lowest BCUT2D eigenvalue weighted by molar-refractivity contribution is -0.137. The summed E-state index contributed by atoms with van der Waals surface area (Å²) in [5.41, 5.74) is 1.48. The van der Waals surface area contributed by atoms with Crippen molar-refractivity contribution in [3.8, 4) is 11.5 Å². The van der Waals surface area contributed by atoms with Crippen LogP contribution in [0.2, 0.25) is 0 Å². The highest BCUT2D eigenvalue weighted by atomic mass is 32.2. The van der Waals surface area contributed by atoms with E-state index in [9.17, 15) is 26.4 Å². The van der Waals surface area contributed by atoms with Gasteiger partial charge in [-0.2, -0.15) is 18.3 Å². The number of carbonyl (C=O) groups excluding carboxylic acids is 1. The molecule has 1 amide bonds. The summed E-state index contributed by atoms with van der Waals surface area (Å²) in [7, 11) is -1.45. The average molecular weight is 522 g/mol. The van der Waals surface area contributed by atoms with Crippen LogP contribution in [0.3, 0.4) is 0 Å². The molecular weight excluding hydrogens is 499 g/mol. The van der Waals surface area contributed by atoms with Crippen LogP contribution in [0.5, 0.6) is 11.5 Å². The Morgan fingerprint density at radius 1 is 1.00 bits per heavy atom. The van der Waals surface area contributed by atoms with Crippen LogP contribution in [0.1, 0.15) is 11.1 Å². The highest BCUT2D eigenvalue weighted by Gasteiger charge is 2.31. The molecule has 0 radical (unpaired) electrons. The Morgan fingerprint density at radius 3 is 2.33 bits per heavy atom. The van der Waals surface area contributed by atoms with Crippen molar-refractivity contribution in [2.45, 2.75) is 11.1 Å². The summed E-state index contributed by atoms with van der Waals surface area (Å²) in [6, 6.07) is 16.2. The van der Waals surface area contributed by atoms with E-state index in [1.807, 2.05) is 0 Å². The zero-order chi connectivity index (χ0) is 26.3. The van der Waals surface area contributed by atoms with Crippen LogP contribution in [0.15, 0.2) is 82.8 Å². The van der Waals surface area contributed by atoms with Crippen molar-refractivity contribution in [3.63, 3.8) is 0 Å². The normalized spacial score (nSPS) is 11.8. The third-order valence-electron chi connectivity index (χ3n) is 4.91. The summed E-state index contributed by atoms with van der Waals surface area (Å²) in [5, 5.41) is 3.67. The van der Waals surface area contributed by atoms with Crippen molar-refractivity contribution in [1.82, 2.24) is 5.43 Å². The van der Waals surface area contributed by atoms with Crippen LogP contribution in [-0.4, -0.2) is 41.3 Å². The van der Waals surface area contributed by atoms with Gasteiger partial charge in [0, 0.05) is 0 Å². The maximum absolute atomic E-state index is 13.5. The van der Waals surface area contributed by atoms with Crippen molar-refractivity contribution in [3.05, 3.63) is 83.9 Å². The van der Waals surface area contributed by atoms with Gasteiger partial charge in [0.1, 0.15) is 18.0 Å². The van der Waals surface area contributed by atoms with E-state index in [0.717, 1.165) is 22.7 Å². The molecule has 36 heavy (non-hydrogen) atoms. The topological polar surface area (TPSA) is 97.3 Å². The Balaban J connectivity index is 1.87. The second-order valence-electron chi connectivity index (χ2n) is 7.28. The first kappa shape index (κ1) is 26.5. The molecule has 3 rings (SSSR count). The van der Waals surface area contributed by atoms with Gasteiger partial charge < -0.3 is 9.47 Å². The molecule has 3 aromatic carbocycles. The Morgan fingerprint density at radius 2 is 1.69 bits per heavy atom. The van der Waals surface area contributed by atoms with Crippen LogP contribution in [0.25, 0.3) is 0 Å². The fraction of sp³-hybridized carbons (Fsp3) is 0.167. The number of nitrogens with one attached hydrogen (secondary N) is 1. The molecule has 0 heterocycles. The second kappa shape index (κ2) is 11.1. The molecular formula is C24H22F3N3O5S. The maximum Gasteiger partial charge on any atom is 0.416 e. The van der Waals surface area contributed by atoms with Gasteiger partial charge in [-0.1, -0.05) is 24.3 Å². The monoisotopic (exact) mass is 521 g/mol. The quantitative estimate of drug-likeness (QED) is 0.338. The van der Waals surface area contributed by atoms with Crippen molar-refractivity contribution in [2.75, 3.05) is 25.1 Å². The predicted molar refractivity (Wildman–Crippen MR) is 128 cm³/mol. The minimum Gasteiger partial charge on any atom is -0.497 e. The number of halogens is 3. The minimum atomic E-state index is -4.53. The molecule has 0 aliphatic heterocycles. The number of carbonyl (C=O) groups is 1. The number of alkyl halides is 3. The van der Waals surface area contributed by atoms with Gasteiger partial charge >= 0.3 is 6.18 Å². The molecule has 0 aromatic heterocycles. The summed E-state index contributed by atoms with van der Waals surface area (Å²) in [4.78, 5) is 12.5. The SMILES string of the molecule is COc1ccc(S(=O)(=O)N(CC(=O)N/N=C\c2cccc(C(F)(F)F)c2)c2ccccc2OC)cc1. The standard InChI is InChI=1S/C24H22F3N3O5S/c1-34-19-10-12-20(13-11-19)36(32,33)30(21-8-3-4-9-22(21)35-2)16-23(31)29-28-15-17-6-5-7-18(14-17)24(25,26)27/h3-15H,16H2,1-2H3,(H,29,31)/b28-15-. The maximum atomic E-state index is 13.5. The number of rotatable bonds is 9. The van der Waals surface area contributed by atoms with Gasteiger partial charge in [-0.25, -0.2) is 13.8 Å². The second-order valence-corrected chi connectivity index (χ2v) is 9.14. The van der Waals surface area contributed by atoms with Crippen LogP contribution in [0, 0.1) is 0 Å². The molecule has 190 valence electrons. The zero-order valence-electron chi connectivity index (χ0n) is 19.2. The number of para-hydroxylation sites is 2. The van der Waals surface area contributed by atoms with Crippen molar-refractivity contribution >= 4 is 27.8 Å². The molecule has 0 bridgehead atoms. The van der Waals surface area contributed by atoms with E-state index >= 15 is 0 Å². The zero-order valence-corrected chi connectivity index (χ0v) is 20.0. The molecule has 12 heteroatoms. The van der Waals surface area contributed by atoms with E-state index in [1.54, 1.807) is 12.1 Å². The predicted octanol–water partition coefficient (Wildman–Crippen LogP) is 4.07. The molecule has 1 N–H and O–H groups in total. The first-order valence-corrected chi connectivity index (χ1v) is 11.8. The molecule has 0 unspecified atom stereocenters. The number of anilines is 1. The minimum absolute atomic E-state index is 0.0950. The number of methoxy groups -OCH3 is 2. The molecule has 0 fully saturated rings. The van der Waals surface area contributed by atoms with Crippen LogP contribution >= 0.6 is 0 Å². The van der Waals surface area contributed by atoms with Crippen LogP contribution < -0.4 is 19.2 Å². The molecule has 0 atom stereocenters. The third-order valence-corrected chi connectivity index (χ3v) is 6.68. The van der Waals surface area contributed by atoms with E-state index in [4.69, 9.17) is 9.47 Å². The number of amides is 1. The van der Waals surface area contributed by atoms with Gasteiger partial charge in [0.25, 0.3) is 15.9 Å². The first-order chi connectivity index (χ1) is 17.1. The summed E-state index contributed by atoms with van der Waals surface area (Å²) in [6.45, 7) is -0.686. The number of ether oxygens (including phenoxy) is 2. The number of sulfonamides is 1. The van der Waals surface area contributed by atoms with Gasteiger partial charge in [-0.3, -0.25) is 9.10 Å². The van der Waals surface area contributed by atoms with E-state index in [-0.39, 0.29) is 21.9 Å². The molecule has 0 aliphatic rings. The lowest BCUT2D eigenvalue weighted by Gasteiger charge is -2.25. The van der Waals surface area contributed by atoms with Crippen LogP contribution in [-0.2, 0) is 21.0 Å². The number of hydrogen-bond donors (Lipinski definition) is 1. The molecule has 3 aromatic rings. The Hall–Kier alpha value is -4.06.